The molecule has 0 aliphatic carbocycles. The van der Waals surface area contributed by atoms with Gasteiger partial charge in [-0.15, -0.1) is 0 Å². The normalized spacial score (nSPS) is 23.0. The lowest BCUT2D eigenvalue weighted by atomic mass is 9.60. The van der Waals surface area contributed by atoms with Crippen LogP contribution in [0.5, 0.6) is 0 Å². The number of hydrazine groups is 1. The summed E-state index contributed by atoms with van der Waals surface area (Å²) in [5.74, 6) is 4.05. The predicted molar refractivity (Wildman–Crippen MR) is 137 cm³/mol. The molecule has 4 atom stereocenters. The van der Waals surface area contributed by atoms with Gasteiger partial charge in [-0.2, -0.15) is 0 Å². The Morgan fingerprint density at radius 3 is 2.54 bits per heavy atom. The lowest BCUT2D eigenvalue weighted by molar-refractivity contribution is -0.153. The van der Waals surface area contributed by atoms with Gasteiger partial charge in [-0.25, -0.2) is 11.3 Å². The van der Waals surface area contributed by atoms with Crippen LogP contribution in [0.3, 0.4) is 0 Å². The Bertz CT molecular complexity index is 888. The van der Waals surface area contributed by atoms with Gasteiger partial charge >= 0.3 is 0 Å². The molecule has 6 N–H and O–H groups in total. The maximum absolute atomic E-state index is 14.2. The third-order valence-corrected chi connectivity index (χ3v) is 7.17. The van der Waals surface area contributed by atoms with Crippen molar-refractivity contribution in [2.45, 2.75) is 72.3 Å². The minimum atomic E-state index is -1.21. The van der Waals surface area contributed by atoms with Crippen molar-refractivity contribution < 1.29 is 19.6 Å². The van der Waals surface area contributed by atoms with Crippen LogP contribution in [-0.4, -0.2) is 35.4 Å². The molecule has 1 aliphatic heterocycles. The highest BCUT2D eigenvalue weighted by atomic mass is 16.5. The number of allylic oxidation sites excluding steroid dienone is 1. The van der Waals surface area contributed by atoms with Crippen molar-refractivity contribution in [3.8, 4) is 0 Å². The molecule has 0 saturated carbocycles. The number of carbonyl (C=O) groups excluding carboxylic acids is 3. The number of piperidine rings is 1. The van der Waals surface area contributed by atoms with E-state index in [1.165, 1.54) is 0 Å². The standard InChI is InChI=1S/C27H42N4O4/c1-5-14-27(17-19(2)3,25(34)30-28)24(33)26(4)15-16-29-22(18-26)21(23(32)31-35)13-9-12-20-10-7-6-8-11-20/h6-12,19,21-22,29,35H,5,13-18,28H2,1-4H3,(H,30,34)(H,31,32)/b12-9+/t21-,22+,26?,27?/m0/s1. The summed E-state index contributed by atoms with van der Waals surface area (Å²) in [7, 11) is 0. The molecule has 1 aliphatic rings. The molecule has 1 saturated heterocycles. The predicted octanol–water partition coefficient (Wildman–Crippen LogP) is 3.36. The third-order valence-electron chi connectivity index (χ3n) is 7.17. The van der Waals surface area contributed by atoms with E-state index in [1.807, 2.05) is 70.2 Å². The number of hydrogen-bond donors (Lipinski definition) is 5. The second-order valence-corrected chi connectivity index (χ2v) is 10.4. The van der Waals surface area contributed by atoms with Crippen molar-refractivity contribution in [1.82, 2.24) is 16.2 Å². The van der Waals surface area contributed by atoms with Gasteiger partial charge in [-0.05, 0) is 50.1 Å². The van der Waals surface area contributed by atoms with E-state index in [0.717, 1.165) is 5.56 Å². The first kappa shape index (κ1) is 28.7. The number of nitrogens with one attached hydrogen (secondary N) is 3. The lowest BCUT2D eigenvalue weighted by Gasteiger charge is -2.45. The first-order valence-corrected chi connectivity index (χ1v) is 12.6. The number of amides is 2. The van der Waals surface area contributed by atoms with E-state index in [-0.39, 0.29) is 17.7 Å². The summed E-state index contributed by atoms with van der Waals surface area (Å²) in [6.45, 7) is 8.37. The van der Waals surface area contributed by atoms with E-state index in [2.05, 4.69) is 10.7 Å². The fourth-order valence-corrected chi connectivity index (χ4v) is 5.59. The smallest absolute Gasteiger partial charge is 0.248 e. The summed E-state index contributed by atoms with van der Waals surface area (Å²) in [5.41, 5.74) is 3.03. The minimum absolute atomic E-state index is 0.113. The molecular weight excluding hydrogens is 444 g/mol. The molecule has 194 valence electrons. The molecule has 0 radical (unpaired) electrons. The Balaban J connectivity index is 2.33. The topological polar surface area (TPSA) is 134 Å². The van der Waals surface area contributed by atoms with Crippen molar-refractivity contribution in [3.63, 3.8) is 0 Å². The zero-order valence-corrected chi connectivity index (χ0v) is 21.5. The van der Waals surface area contributed by atoms with Crippen molar-refractivity contribution in [2.24, 2.45) is 28.5 Å². The van der Waals surface area contributed by atoms with Crippen LogP contribution in [0.2, 0.25) is 0 Å². The SMILES string of the molecule is CCCC(CC(C)C)(C(=O)NN)C(=O)C1(C)CCN[C@@H]([C@H](C/C=C/c2ccccc2)C(=O)NO)C1. The average molecular weight is 487 g/mol. The molecule has 1 aromatic carbocycles. The average Bonchev–Trinajstić information content (AvgIpc) is 2.85. The highest BCUT2D eigenvalue weighted by Crippen LogP contribution is 2.45. The first-order valence-electron chi connectivity index (χ1n) is 12.6. The van der Waals surface area contributed by atoms with Crippen molar-refractivity contribution >= 4 is 23.7 Å². The zero-order chi connectivity index (χ0) is 26.1. The molecule has 8 heteroatoms. The second-order valence-electron chi connectivity index (χ2n) is 10.4. The zero-order valence-electron chi connectivity index (χ0n) is 21.5. The number of hydrogen-bond acceptors (Lipinski definition) is 6. The Labute approximate surface area is 209 Å². The van der Waals surface area contributed by atoms with Gasteiger partial charge in [0, 0.05) is 11.5 Å². The largest absolute Gasteiger partial charge is 0.313 e. The second kappa shape index (κ2) is 13.0. The fraction of sp³-hybridized carbons (Fsp3) is 0.593. The van der Waals surface area contributed by atoms with Gasteiger partial charge in [-0.1, -0.05) is 76.6 Å². The summed E-state index contributed by atoms with van der Waals surface area (Å²) >= 11 is 0. The van der Waals surface area contributed by atoms with Gasteiger partial charge in [0.1, 0.15) is 5.41 Å². The highest BCUT2D eigenvalue weighted by molar-refractivity contribution is 6.08. The summed E-state index contributed by atoms with van der Waals surface area (Å²) in [6, 6.07) is 9.41. The summed E-state index contributed by atoms with van der Waals surface area (Å²) in [6.07, 6.45) is 6.67. The van der Waals surface area contributed by atoms with Crippen LogP contribution >= 0.6 is 0 Å². The molecule has 1 aromatic rings. The Hall–Kier alpha value is -2.55. The number of rotatable bonds is 12. The van der Waals surface area contributed by atoms with Crippen LogP contribution < -0.4 is 22.1 Å². The number of ketones is 1. The van der Waals surface area contributed by atoms with Gasteiger partial charge in [0.15, 0.2) is 5.78 Å². The molecule has 0 bridgehead atoms. The number of Topliss-reactive ketones (excluding diaryl/α,β-unsaturated/α-hetero) is 1. The molecule has 1 fully saturated rings. The lowest BCUT2D eigenvalue weighted by Crippen LogP contribution is -2.58. The quantitative estimate of drug-likeness (QED) is 0.101. The van der Waals surface area contributed by atoms with Gasteiger partial charge in [0.05, 0.1) is 5.92 Å². The van der Waals surface area contributed by atoms with E-state index in [1.54, 1.807) is 5.48 Å². The van der Waals surface area contributed by atoms with Gasteiger partial charge in [0.25, 0.3) is 0 Å². The van der Waals surface area contributed by atoms with Gasteiger partial charge in [0.2, 0.25) is 11.8 Å². The maximum Gasteiger partial charge on any atom is 0.248 e. The number of benzene rings is 1. The Morgan fingerprint density at radius 1 is 1.29 bits per heavy atom. The Morgan fingerprint density at radius 2 is 1.97 bits per heavy atom. The van der Waals surface area contributed by atoms with E-state index in [4.69, 9.17) is 5.84 Å². The highest BCUT2D eigenvalue weighted by Gasteiger charge is 2.53. The molecule has 0 spiro atoms. The van der Waals surface area contributed by atoms with Crippen molar-refractivity contribution in [3.05, 3.63) is 42.0 Å². The van der Waals surface area contributed by atoms with E-state index < -0.39 is 28.6 Å². The van der Waals surface area contributed by atoms with E-state index >= 15 is 0 Å². The molecule has 2 unspecified atom stereocenters. The summed E-state index contributed by atoms with van der Waals surface area (Å²) in [5, 5.41) is 12.8. The molecule has 8 nitrogen and oxygen atoms in total. The van der Waals surface area contributed by atoms with Gasteiger partial charge in [-0.3, -0.25) is 25.0 Å². The van der Waals surface area contributed by atoms with Crippen LogP contribution in [-0.2, 0) is 14.4 Å². The molecular formula is C27H42N4O4. The van der Waals surface area contributed by atoms with E-state index in [0.29, 0.717) is 45.1 Å². The minimum Gasteiger partial charge on any atom is -0.313 e. The fourth-order valence-electron chi connectivity index (χ4n) is 5.59. The molecule has 2 rings (SSSR count). The van der Waals surface area contributed by atoms with E-state index in [9.17, 15) is 19.6 Å². The van der Waals surface area contributed by atoms with Gasteiger partial charge < -0.3 is 5.32 Å². The number of nitrogens with two attached hydrogens (primary N) is 1. The van der Waals surface area contributed by atoms with Crippen LogP contribution in [0.4, 0.5) is 0 Å². The summed E-state index contributed by atoms with van der Waals surface area (Å²) in [4.78, 5) is 39.9. The number of hydroxylamine groups is 1. The molecule has 0 aromatic heterocycles. The first-order chi connectivity index (χ1) is 16.6. The number of carbonyl (C=O) groups is 3. The van der Waals surface area contributed by atoms with Crippen LogP contribution in [0, 0.1) is 22.7 Å². The monoisotopic (exact) mass is 486 g/mol. The Kier molecular flexibility index (Phi) is 10.6. The maximum atomic E-state index is 14.2. The van der Waals surface area contributed by atoms with Crippen LogP contribution in [0.15, 0.2) is 36.4 Å². The molecule has 2 amide bonds. The summed E-state index contributed by atoms with van der Waals surface area (Å²) < 4.78 is 0. The van der Waals surface area contributed by atoms with Crippen LogP contribution in [0.25, 0.3) is 6.08 Å². The van der Waals surface area contributed by atoms with Crippen molar-refractivity contribution in [1.29, 1.82) is 0 Å². The molecule has 1 heterocycles. The van der Waals surface area contributed by atoms with Crippen LogP contribution in [0.1, 0.15) is 71.8 Å². The third kappa shape index (κ3) is 6.99. The van der Waals surface area contributed by atoms with Crippen molar-refractivity contribution in [2.75, 3.05) is 6.54 Å². The molecule has 35 heavy (non-hydrogen) atoms.